The molecule has 0 atom stereocenters. The van der Waals surface area contributed by atoms with Crippen molar-refractivity contribution in [3.63, 3.8) is 0 Å². The van der Waals surface area contributed by atoms with Crippen LogP contribution in [0.5, 0.6) is 0 Å². The Morgan fingerprint density at radius 3 is 2.73 bits per heavy atom. The lowest BCUT2D eigenvalue weighted by Crippen LogP contribution is -2.31. The Kier molecular flexibility index (Phi) is 2.77. The van der Waals surface area contributed by atoms with E-state index in [0.717, 1.165) is 32.1 Å². The van der Waals surface area contributed by atoms with Crippen molar-refractivity contribution in [3.8, 4) is 6.07 Å². The van der Waals surface area contributed by atoms with Crippen LogP contribution in [0.4, 0.5) is 10.3 Å². The predicted octanol–water partition coefficient (Wildman–Crippen LogP) is 1.48. The minimum absolute atomic E-state index is 0.175. The van der Waals surface area contributed by atoms with Gasteiger partial charge in [0.15, 0.2) is 11.5 Å². The van der Waals surface area contributed by atoms with Crippen LogP contribution in [0.3, 0.4) is 0 Å². The number of nitriles is 1. The molecule has 0 aliphatic carbocycles. The quantitative estimate of drug-likeness (QED) is 0.698. The molecule has 2 rings (SSSR count). The molecule has 0 N–H and O–H groups in total. The van der Waals surface area contributed by atoms with Crippen LogP contribution in [0.1, 0.15) is 25.0 Å². The van der Waals surface area contributed by atoms with E-state index < -0.39 is 5.82 Å². The molecule has 0 radical (unpaired) electrons. The van der Waals surface area contributed by atoms with Crippen LogP contribution in [0.25, 0.3) is 0 Å². The second-order valence-corrected chi connectivity index (χ2v) is 3.53. The molecule has 4 nitrogen and oxygen atoms in total. The smallest absolute Gasteiger partial charge is 0.226 e. The van der Waals surface area contributed by atoms with Gasteiger partial charge in [-0.3, -0.25) is 0 Å². The molecule has 1 aromatic rings. The fourth-order valence-corrected chi connectivity index (χ4v) is 1.68. The van der Waals surface area contributed by atoms with Gasteiger partial charge in [0, 0.05) is 13.1 Å². The first-order valence-electron chi connectivity index (χ1n) is 4.99. The van der Waals surface area contributed by atoms with Gasteiger partial charge in [-0.1, -0.05) is 0 Å². The maximum Gasteiger partial charge on any atom is 0.226 e. The average Bonchev–Trinajstić information content (AvgIpc) is 2.31. The van der Waals surface area contributed by atoms with Crippen molar-refractivity contribution in [1.29, 1.82) is 5.26 Å². The molecule has 1 aromatic heterocycles. The molecule has 1 saturated heterocycles. The number of hydrogen-bond acceptors (Lipinski definition) is 4. The number of rotatable bonds is 1. The van der Waals surface area contributed by atoms with Gasteiger partial charge in [0.05, 0.1) is 6.20 Å². The highest BCUT2D eigenvalue weighted by molar-refractivity contribution is 5.34. The molecule has 2 heterocycles. The summed E-state index contributed by atoms with van der Waals surface area (Å²) in [7, 11) is 0. The fourth-order valence-electron chi connectivity index (χ4n) is 1.68. The van der Waals surface area contributed by atoms with Crippen molar-refractivity contribution in [2.45, 2.75) is 19.3 Å². The van der Waals surface area contributed by atoms with Gasteiger partial charge in [0.1, 0.15) is 6.07 Å². The van der Waals surface area contributed by atoms with Crippen molar-refractivity contribution in [2.24, 2.45) is 0 Å². The van der Waals surface area contributed by atoms with Gasteiger partial charge in [-0.05, 0) is 19.3 Å². The van der Waals surface area contributed by atoms with Crippen molar-refractivity contribution >= 4 is 5.95 Å². The molecule has 0 amide bonds. The molecular weight excluding hydrogens is 195 g/mol. The second-order valence-electron chi connectivity index (χ2n) is 3.53. The van der Waals surface area contributed by atoms with Crippen LogP contribution < -0.4 is 4.90 Å². The van der Waals surface area contributed by atoms with E-state index in [1.54, 1.807) is 6.07 Å². The SMILES string of the molecule is N#Cc1nc(N2CCCCC2)ncc1F. The predicted molar refractivity (Wildman–Crippen MR) is 52.8 cm³/mol. The molecule has 0 aromatic carbocycles. The molecule has 0 spiro atoms. The maximum atomic E-state index is 13.0. The summed E-state index contributed by atoms with van der Waals surface area (Å²) in [5.74, 6) is -0.189. The van der Waals surface area contributed by atoms with E-state index in [-0.39, 0.29) is 5.69 Å². The number of halogens is 1. The molecule has 1 aliphatic rings. The molecule has 5 heteroatoms. The Bertz CT molecular complexity index is 393. The Balaban J connectivity index is 2.25. The maximum absolute atomic E-state index is 13.0. The minimum atomic E-state index is -0.654. The number of piperidine rings is 1. The van der Waals surface area contributed by atoms with Gasteiger partial charge in [0.25, 0.3) is 0 Å². The third kappa shape index (κ3) is 2.04. The van der Waals surface area contributed by atoms with Crippen LogP contribution in [-0.2, 0) is 0 Å². The summed E-state index contributed by atoms with van der Waals surface area (Å²) in [5.41, 5.74) is -0.175. The zero-order chi connectivity index (χ0) is 10.7. The third-order valence-corrected chi connectivity index (χ3v) is 2.48. The van der Waals surface area contributed by atoms with Crippen LogP contribution in [0.2, 0.25) is 0 Å². The summed E-state index contributed by atoms with van der Waals surface area (Å²) in [6.07, 6.45) is 4.48. The first-order valence-corrected chi connectivity index (χ1v) is 4.99. The molecule has 0 unspecified atom stereocenters. The summed E-state index contributed by atoms with van der Waals surface area (Å²) in [6.45, 7) is 1.77. The van der Waals surface area contributed by atoms with Crippen LogP contribution in [-0.4, -0.2) is 23.1 Å². The molecule has 0 bridgehead atoms. The fraction of sp³-hybridized carbons (Fsp3) is 0.500. The first kappa shape index (κ1) is 9.84. The van der Waals surface area contributed by atoms with Gasteiger partial charge in [0.2, 0.25) is 5.95 Å². The lowest BCUT2D eigenvalue weighted by atomic mass is 10.1. The molecule has 1 aliphatic heterocycles. The topological polar surface area (TPSA) is 52.8 Å². The minimum Gasteiger partial charge on any atom is -0.341 e. The summed E-state index contributed by atoms with van der Waals surface area (Å²) >= 11 is 0. The van der Waals surface area contributed by atoms with Gasteiger partial charge in [-0.2, -0.15) is 10.2 Å². The highest BCUT2D eigenvalue weighted by Gasteiger charge is 2.15. The van der Waals surface area contributed by atoms with E-state index in [2.05, 4.69) is 9.97 Å². The van der Waals surface area contributed by atoms with Crippen LogP contribution in [0, 0.1) is 17.1 Å². The van der Waals surface area contributed by atoms with Crippen molar-refractivity contribution in [2.75, 3.05) is 18.0 Å². The molecule has 78 valence electrons. The highest BCUT2D eigenvalue weighted by atomic mass is 19.1. The summed E-state index contributed by atoms with van der Waals surface area (Å²) in [4.78, 5) is 9.78. The second kappa shape index (κ2) is 4.22. The Morgan fingerprint density at radius 1 is 1.33 bits per heavy atom. The van der Waals surface area contributed by atoms with Gasteiger partial charge < -0.3 is 4.90 Å². The summed E-state index contributed by atoms with van der Waals surface area (Å²) in [6, 6.07) is 1.72. The van der Waals surface area contributed by atoms with Crippen molar-refractivity contribution in [3.05, 3.63) is 17.7 Å². The Hall–Kier alpha value is -1.70. The highest BCUT2D eigenvalue weighted by Crippen LogP contribution is 2.16. The van der Waals surface area contributed by atoms with Gasteiger partial charge in [-0.25, -0.2) is 9.37 Å². The number of anilines is 1. The van der Waals surface area contributed by atoms with Gasteiger partial charge in [-0.15, -0.1) is 0 Å². The number of hydrogen-bond donors (Lipinski definition) is 0. The zero-order valence-corrected chi connectivity index (χ0v) is 8.28. The Morgan fingerprint density at radius 2 is 2.07 bits per heavy atom. The third-order valence-electron chi connectivity index (χ3n) is 2.48. The van der Waals surface area contributed by atoms with E-state index in [1.807, 2.05) is 4.90 Å². The average molecular weight is 206 g/mol. The molecule has 15 heavy (non-hydrogen) atoms. The zero-order valence-electron chi connectivity index (χ0n) is 8.28. The summed E-state index contributed by atoms with van der Waals surface area (Å²) < 4.78 is 13.0. The first-order chi connectivity index (χ1) is 7.31. The van der Waals surface area contributed by atoms with E-state index >= 15 is 0 Å². The lowest BCUT2D eigenvalue weighted by molar-refractivity contribution is 0.561. The van der Waals surface area contributed by atoms with Crippen molar-refractivity contribution in [1.82, 2.24) is 9.97 Å². The molecular formula is C10H11FN4. The number of aromatic nitrogens is 2. The normalized spacial score (nSPS) is 16.1. The van der Waals surface area contributed by atoms with E-state index in [1.165, 1.54) is 6.42 Å². The summed E-state index contributed by atoms with van der Waals surface area (Å²) in [5, 5.41) is 8.64. The van der Waals surface area contributed by atoms with Crippen molar-refractivity contribution < 1.29 is 4.39 Å². The van der Waals surface area contributed by atoms with E-state index in [0.29, 0.717) is 5.95 Å². The number of nitrogens with zero attached hydrogens (tertiary/aromatic N) is 4. The standard InChI is InChI=1S/C10H11FN4/c11-8-7-13-10(14-9(8)6-12)15-4-2-1-3-5-15/h7H,1-5H2. The van der Waals surface area contributed by atoms with Gasteiger partial charge >= 0.3 is 0 Å². The van der Waals surface area contributed by atoms with E-state index in [4.69, 9.17) is 5.26 Å². The lowest BCUT2D eigenvalue weighted by Gasteiger charge is -2.26. The van der Waals surface area contributed by atoms with E-state index in [9.17, 15) is 4.39 Å². The molecule has 0 saturated carbocycles. The largest absolute Gasteiger partial charge is 0.341 e. The van der Waals surface area contributed by atoms with Crippen LogP contribution >= 0.6 is 0 Å². The Labute approximate surface area is 87.4 Å². The van der Waals surface area contributed by atoms with Crippen LogP contribution in [0.15, 0.2) is 6.20 Å². The molecule has 1 fully saturated rings. The monoisotopic (exact) mass is 206 g/mol.